The fourth-order valence-corrected chi connectivity index (χ4v) is 4.09. The third kappa shape index (κ3) is 5.59. The number of carbonyl (C=O) groups excluding carboxylic acids is 1. The zero-order valence-electron chi connectivity index (χ0n) is 18.4. The van der Waals surface area contributed by atoms with Crippen LogP contribution in [0.5, 0.6) is 11.5 Å². The Kier molecular flexibility index (Phi) is 7.05. The third-order valence-corrected chi connectivity index (χ3v) is 6.19. The number of hydrogen-bond donors (Lipinski definition) is 2. The second kappa shape index (κ2) is 9.74. The van der Waals surface area contributed by atoms with Gasteiger partial charge in [-0.2, -0.15) is 0 Å². The number of methoxy groups -OCH3 is 1. The lowest BCUT2D eigenvalue weighted by Gasteiger charge is -2.17. The van der Waals surface area contributed by atoms with E-state index < -0.39 is 16.1 Å². The summed E-state index contributed by atoms with van der Waals surface area (Å²) in [5.74, 6) is 0.606. The predicted molar refractivity (Wildman–Crippen MR) is 125 cm³/mol. The maximum absolute atomic E-state index is 12.7. The van der Waals surface area contributed by atoms with Crippen molar-refractivity contribution < 1.29 is 22.7 Å². The Balaban J connectivity index is 1.67. The highest BCUT2D eigenvalue weighted by Gasteiger charge is 2.18. The minimum absolute atomic E-state index is 0.0923. The van der Waals surface area contributed by atoms with Gasteiger partial charge in [0.1, 0.15) is 0 Å². The van der Waals surface area contributed by atoms with Gasteiger partial charge >= 0.3 is 0 Å². The summed E-state index contributed by atoms with van der Waals surface area (Å²) in [6, 6.07) is 18.6. The maximum atomic E-state index is 12.7. The number of carbonyl (C=O) groups is 1. The number of amides is 1. The molecule has 0 bridgehead atoms. The fraction of sp³-hybridized carbons (Fsp3) is 0.208. The third-order valence-electron chi connectivity index (χ3n) is 4.81. The Labute approximate surface area is 188 Å². The molecular weight excluding hydrogens is 428 g/mol. The number of anilines is 2. The normalized spacial score (nSPS) is 12.0. The van der Waals surface area contributed by atoms with E-state index in [4.69, 9.17) is 9.47 Å². The number of sulfonamides is 1. The summed E-state index contributed by atoms with van der Waals surface area (Å²) in [6.07, 6.45) is -0.791. The minimum atomic E-state index is -3.76. The Morgan fingerprint density at radius 3 is 2.25 bits per heavy atom. The highest BCUT2D eigenvalue weighted by atomic mass is 32.2. The van der Waals surface area contributed by atoms with E-state index in [0.29, 0.717) is 22.9 Å². The Hall–Kier alpha value is -3.52. The van der Waals surface area contributed by atoms with Crippen molar-refractivity contribution in [1.82, 2.24) is 0 Å². The number of aryl methyl sites for hydroxylation is 2. The van der Waals surface area contributed by atoms with Crippen molar-refractivity contribution in [2.75, 3.05) is 17.1 Å². The Morgan fingerprint density at radius 1 is 0.938 bits per heavy atom. The minimum Gasteiger partial charge on any atom is -0.493 e. The van der Waals surface area contributed by atoms with Gasteiger partial charge in [0, 0.05) is 5.69 Å². The SMILES string of the molecule is COc1ccccc1O[C@H](C)C(=O)Nc1ccc(S(=O)(=O)Nc2cc(C)ccc2C)cc1. The summed E-state index contributed by atoms with van der Waals surface area (Å²) in [7, 11) is -2.24. The lowest BCUT2D eigenvalue weighted by molar-refractivity contribution is -0.122. The van der Waals surface area contributed by atoms with Gasteiger partial charge in [-0.3, -0.25) is 9.52 Å². The smallest absolute Gasteiger partial charge is 0.265 e. The summed E-state index contributed by atoms with van der Waals surface area (Å²) >= 11 is 0. The van der Waals surface area contributed by atoms with Gasteiger partial charge in [0.2, 0.25) is 0 Å². The van der Waals surface area contributed by atoms with Crippen LogP contribution in [0.4, 0.5) is 11.4 Å². The van der Waals surface area contributed by atoms with Gasteiger partial charge in [-0.1, -0.05) is 24.3 Å². The van der Waals surface area contributed by atoms with Crippen molar-refractivity contribution in [2.45, 2.75) is 31.8 Å². The first-order valence-corrected chi connectivity index (χ1v) is 11.5. The second-order valence-corrected chi connectivity index (χ2v) is 9.03. The van der Waals surface area contributed by atoms with Crippen molar-refractivity contribution in [3.8, 4) is 11.5 Å². The number of hydrogen-bond acceptors (Lipinski definition) is 5. The highest BCUT2D eigenvalue weighted by molar-refractivity contribution is 7.92. The van der Waals surface area contributed by atoms with Crippen LogP contribution in [0.2, 0.25) is 0 Å². The lowest BCUT2D eigenvalue weighted by atomic mass is 10.1. The van der Waals surface area contributed by atoms with Crippen molar-refractivity contribution in [2.24, 2.45) is 0 Å². The van der Waals surface area contributed by atoms with Gasteiger partial charge < -0.3 is 14.8 Å². The van der Waals surface area contributed by atoms with E-state index in [0.717, 1.165) is 11.1 Å². The van der Waals surface area contributed by atoms with Crippen LogP contribution in [0.15, 0.2) is 71.6 Å². The van der Waals surface area contributed by atoms with Crippen molar-refractivity contribution in [3.63, 3.8) is 0 Å². The number of nitrogens with one attached hydrogen (secondary N) is 2. The molecule has 0 aliphatic rings. The van der Waals surface area contributed by atoms with Crippen LogP contribution in [-0.2, 0) is 14.8 Å². The van der Waals surface area contributed by atoms with E-state index in [1.807, 2.05) is 26.0 Å². The number of ether oxygens (including phenoxy) is 2. The molecule has 0 aromatic heterocycles. The van der Waals surface area contributed by atoms with Gasteiger partial charge in [-0.05, 0) is 74.4 Å². The van der Waals surface area contributed by atoms with Gasteiger partial charge in [0.05, 0.1) is 17.7 Å². The number of benzene rings is 3. The topological polar surface area (TPSA) is 93.7 Å². The molecule has 0 spiro atoms. The average molecular weight is 455 g/mol. The first-order chi connectivity index (χ1) is 15.2. The molecule has 1 amide bonds. The highest BCUT2D eigenvalue weighted by Crippen LogP contribution is 2.27. The summed E-state index contributed by atoms with van der Waals surface area (Å²) in [5.41, 5.74) is 2.77. The first-order valence-electron chi connectivity index (χ1n) is 10.0. The standard InChI is InChI=1S/C24H26N2O5S/c1-16-9-10-17(2)21(15-16)26-32(28,29)20-13-11-19(12-14-20)25-24(27)18(3)31-23-8-6-5-7-22(23)30-4/h5-15,18,26H,1-4H3,(H,25,27)/t18-/m1/s1. The number of rotatable bonds is 8. The molecule has 168 valence electrons. The van der Waals surface area contributed by atoms with Crippen LogP contribution in [-0.4, -0.2) is 27.5 Å². The van der Waals surface area contributed by atoms with Crippen LogP contribution < -0.4 is 19.5 Å². The zero-order chi connectivity index (χ0) is 23.3. The van der Waals surface area contributed by atoms with E-state index in [-0.39, 0.29) is 10.8 Å². The molecule has 0 fully saturated rings. The molecule has 0 saturated carbocycles. The average Bonchev–Trinajstić information content (AvgIpc) is 2.76. The van der Waals surface area contributed by atoms with Crippen LogP contribution >= 0.6 is 0 Å². The van der Waals surface area contributed by atoms with Crippen molar-refractivity contribution >= 4 is 27.3 Å². The van der Waals surface area contributed by atoms with Gasteiger partial charge in [-0.25, -0.2) is 8.42 Å². The van der Waals surface area contributed by atoms with Crippen LogP contribution in [0.3, 0.4) is 0 Å². The number of para-hydroxylation sites is 2. The monoisotopic (exact) mass is 454 g/mol. The molecule has 3 rings (SSSR count). The molecule has 0 saturated heterocycles. The molecule has 0 unspecified atom stereocenters. The fourth-order valence-electron chi connectivity index (χ4n) is 2.97. The molecule has 3 aromatic carbocycles. The Bertz CT molecular complexity index is 1210. The van der Waals surface area contributed by atoms with E-state index in [1.54, 1.807) is 37.3 Å². The van der Waals surface area contributed by atoms with E-state index in [2.05, 4.69) is 10.0 Å². The van der Waals surface area contributed by atoms with E-state index >= 15 is 0 Å². The predicted octanol–water partition coefficient (Wildman–Crippen LogP) is 4.52. The largest absolute Gasteiger partial charge is 0.493 e. The molecule has 3 aromatic rings. The van der Waals surface area contributed by atoms with E-state index in [9.17, 15) is 13.2 Å². The van der Waals surface area contributed by atoms with E-state index in [1.165, 1.54) is 31.4 Å². The quantitative estimate of drug-likeness (QED) is 0.522. The van der Waals surface area contributed by atoms with Crippen molar-refractivity contribution in [3.05, 3.63) is 77.9 Å². The molecule has 7 nitrogen and oxygen atoms in total. The molecule has 2 N–H and O–H groups in total. The first kappa shape index (κ1) is 23.1. The van der Waals surface area contributed by atoms with Crippen LogP contribution in [0.25, 0.3) is 0 Å². The maximum Gasteiger partial charge on any atom is 0.265 e. The van der Waals surface area contributed by atoms with Gasteiger partial charge in [0.15, 0.2) is 17.6 Å². The molecule has 0 aliphatic carbocycles. The Morgan fingerprint density at radius 2 is 1.59 bits per heavy atom. The van der Waals surface area contributed by atoms with Crippen LogP contribution in [0.1, 0.15) is 18.1 Å². The van der Waals surface area contributed by atoms with Gasteiger partial charge in [0.25, 0.3) is 15.9 Å². The van der Waals surface area contributed by atoms with Crippen LogP contribution in [0, 0.1) is 13.8 Å². The summed E-state index contributed by atoms with van der Waals surface area (Å²) in [6.45, 7) is 5.35. The molecule has 0 heterocycles. The molecular formula is C24H26N2O5S. The molecule has 1 atom stereocenters. The molecule has 32 heavy (non-hydrogen) atoms. The molecule has 0 radical (unpaired) electrons. The zero-order valence-corrected chi connectivity index (χ0v) is 19.2. The lowest BCUT2D eigenvalue weighted by Crippen LogP contribution is -2.30. The van der Waals surface area contributed by atoms with Crippen molar-refractivity contribution in [1.29, 1.82) is 0 Å². The summed E-state index contributed by atoms with van der Waals surface area (Å²) in [5, 5.41) is 2.72. The molecule has 8 heteroatoms. The summed E-state index contributed by atoms with van der Waals surface area (Å²) < 4.78 is 39.0. The second-order valence-electron chi connectivity index (χ2n) is 7.35. The molecule has 0 aliphatic heterocycles. The van der Waals surface area contributed by atoms with Gasteiger partial charge in [-0.15, -0.1) is 0 Å². The summed E-state index contributed by atoms with van der Waals surface area (Å²) in [4.78, 5) is 12.6.